The quantitative estimate of drug-likeness (QED) is 0.748. The lowest BCUT2D eigenvalue weighted by molar-refractivity contribution is 0.0742. The molecule has 3 nitrogen and oxygen atoms in total. The summed E-state index contributed by atoms with van der Waals surface area (Å²) in [4.78, 5) is 16.4. The predicted molar refractivity (Wildman–Crippen MR) is 63.7 cm³/mol. The minimum Gasteiger partial charge on any atom is -0.380 e. The summed E-state index contributed by atoms with van der Waals surface area (Å²) in [5.74, 6) is -0.237. The zero-order valence-corrected chi connectivity index (χ0v) is 9.34. The number of benzene rings is 1. The molecule has 2 aromatic rings. The Balaban J connectivity index is 2.40. The number of aryl methyl sites for hydroxylation is 1. The molecule has 0 spiro atoms. The first-order valence-corrected chi connectivity index (χ1v) is 5.47. The average molecular weight is 225 g/mol. The van der Waals surface area contributed by atoms with Gasteiger partial charge in [-0.25, -0.2) is 0 Å². The molecule has 1 unspecified atom stereocenters. The lowest BCUT2D eigenvalue weighted by Gasteiger charge is -2.23. The first-order valence-electron chi connectivity index (χ1n) is 5.47. The van der Waals surface area contributed by atoms with Crippen molar-refractivity contribution in [1.82, 2.24) is 4.98 Å². The largest absolute Gasteiger partial charge is 0.380 e. The fourth-order valence-corrected chi connectivity index (χ4v) is 2.33. The zero-order valence-electron chi connectivity index (χ0n) is 9.34. The van der Waals surface area contributed by atoms with Crippen LogP contribution in [0.5, 0.6) is 0 Å². The first-order chi connectivity index (χ1) is 8.20. The maximum absolute atomic E-state index is 12.1. The van der Waals surface area contributed by atoms with E-state index in [0.717, 1.165) is 11.1 Å². The van der Waals surface area contributed by atoms with E-state index in [1.165, 1.54) is 0 Å². The Bertz CT molecular complexity index is 619. The molecule has 1 heterocycles. The number of nitrogens with zero attached hydrogens (tertiary/aromatic N) is 1. The molecule has 0 saturated heterocycles. The lowest BCUT2D eigenvalue weighted by atomic mass is 9.84. The van der Waals surface area contributed by atoms with Crippen LogP contribution in [0.25, 0.3) is 11.3 Å². The summed E-state index contributed by atoms with van der Waals surface area (Å²) < 4.78 is 0. The molecule has 1 aliphatic carbocycles. The minimum absolute atomic E-state index is 0.237. The fourth-order valence-electron chi connectivity index (χ4n) is 2.33. The molecule has 0 fully saturated rings. The number of pyridine rings is 1. The van der Waals surface area contributed by atoms with Gasteiger partial charge in [0.1, 0.15) is 6.10 Å². The molecule has 0 aliphatic heterocycles. The number of ketones is 1. The standard InChI is InChI=1S/C14H11NO2/c1-8-4-2-5-9-11(8)14(17)13(16)10-6-3-7-15-12(9)10/h2-7,13,16H,1H3. The number of Topliss-reactive ketones (excluding diaryl/α,β-unsaturated/α-hetero) is 1. The molecule has 1 atom stereocenters. The van der Waals surface area contributed by atoms with Gasteiger partial charge in [0.15, 0.2) is 5.78 Å². The van der Waals surface area contributed by atoms with Crippen LogP contribution in [-0.2, 0) is 0 Å². The van der Waals surface area contributed by atoms with Gasteiger partial charge in [0, 0.05) is 22.9 Å². The van der Waals surface area contributed by atoms with Gasteiger partial charge in [-0.3, -0.25) is 9.78 Å². The highest BCUT2D eigenvalue weighted by Gasteiger charge is 2.32. The topological polar surface area (TPSA) is 50.2 Å². The molecule has 0 radical (unpaired) electrons. The maximum Gasteiger partial charge on any atom is 0.196 e. The van der Waals surface area contributed by atoms with Crippen molar-refractivity contribution >= 4 is 5.78 Å². The highest BCUT2D eigenvalue weighted by molar-refractivity contribution is 6.09. The van der Waals surface area contributed by atoms with E-state index in [1.54, 1.807) is 18.3 Å². The summed E-state index contributed by atoms with van der Waals surface area (Å²) in [6.45, 7) is 1.87. The van der Waals surface area contributed by atoms with Gasteiger partial charge in [-0.05, 0) is 18.6 Å². The van der Waals surface area contributed by atoms with E-state index in [2.05, 4.69) is 4.98 Å². The van der Waals surface area contributed by atoms with Crippen LogP contribution in [0.3, 0.4) is 0 Å². The van der Waals surface area contributed by atoms with Crippen molar-refractivity contribution in [2.75, 3.05) is 0 Å². The molecular formula is C14H11NO2. The van der Waals surface area contributed by atoms with Crippen molar-refractivity contribution in [3.63, 3.8) is 0 Å². The predicted octanol–water partition coefficient (Wildman–Crippen LogP) is 2.29. The molecule has 0 saturated carbocycles. The Kier molecular flexibility index (Phi) is 2.09. The summed E-state index contributed by atoms with van der Waals surface area (Å²) in [7, 11) is 0. The van der Waals surface area contributed by atoms with Crippen molar-refractivity contribution in [2.45, 2.75) is 13.0 Å². The second-order valence-corrected chi connectivity index (χ2v) is 4.21. The molecule has 0 amide bonds. The van der Waals surface area contributed by atoms with Crippen molar-refractivity contribution < 1.29 is 9.90 Å². The van der Waals surface area contributed by atoms with Crippen molar-refractivity contribution in [1.29, 1.82) is 0 Å². The van der Waals surface area contributed by atoms with Crippen molar-refractivity contribution in [2.24, 2.45) is 0 Å². The van der Waals surface area contributed by atoms with Crippen LogP contribution < -0.4 is 0 Å². The summed E-state index contributed by atoms with van der Waals surface area (Å²) in [6.07, 6.45) is 0.584. The highest BCUT2D eigenvalue weighted by Crippen LogP contribution is 2.37. The van der Waals surface area contributed by atoms with Crippen LogP contribution in [0.2, 0.25) is 0 Å². The Morgan fingerprint density at radius 2 is 2.06 bits per heavy atom. The van der Waals surface area contributed by atoms with Gasteiger partial charge in [0.2, 0.25) is 0 Å². The van der Waals surface area contributed by atoms with Gasteiger partial charge in [-0.1, -0.05) is 24.3 Å². The Labute approximate surface area is 98.8 Å². The molecule has 0 bridgehead atoms. The summed E-state index contributed by atoms with van der Waals surface area (Å²) in [5, 5.41) is 10.0. The van der Waals surface area contributed by atoms with Crippen LogP contribution in [0.4, 0.5) is 0 Å². The molecular weight excluding hydrogens is 214 g/mol. The van der Waals surface area contributed by atoms with E-state index in [9.17, 15) is 9.90 Å². The van der Waals surface area contributed by atoms with E-state index in [1.807, 2.05) is 25.1 Å². The first kappa shape index (κ1) is 10.2. The molecule has 3 rings (SSSR count). The lowest BCUT2D eigenvalue weighted by Crippen LogP contribution is -2.20. The Morgan fingerprint density at radius 1 is 1.24 bits per heavy atom. The molecule has 17 heavy (non-hydrogen) atoms. The van der Waals surface area contributed by atoms with E-state index in [4.69, 9.17) is 0 Å². The maximum atomic E-state index is 12.1. The molecule has 1 aliphatic rings. The van der Waals surface area contributed by atoms with Crippen LogP contribution >= 0.6 is 0 Å². The third kappa shape index (κ3) is 1.33. The van der Waals surface area contributed by atoms with Gasteiger partial charge in [0.05, 0.1) is 5.69 Å². The van der Waals surface area contributed by atoms with Crippen LogP contribution in [0, 0.1) is 6.92 Å². The Morgan fingerprint density at radius 3 is 2.88 bits per heavy atom. The average Bonchev–Trinajstić information content (AvgIpc) is 2.36. The smallest absolute Gasteiger partial charge is 0.196 e. The van der Waals surface area contributed by atoms with Crippen molar-refractivity contribution in [3.8, 4) is 11.3 Å². The number of aliphatic hydroxyl groups is 1. The number of fused-ring (bicyclic) bond motifs is 3. The monoisotopic (exact) mass is 225 g/mol. The van der Waals surface area contributed by atoms with E-state index >= 15 is 0 Å². The number of hydrogen-bond acceptors (Lipinski definition) is 3. The number of hydrogen-bond donors (Lipinski definition) is 1. The SMILES string of the molecule is Cc1cccc2c1C(=O)C(O)c1cccnc1-2. The second kappa shape index (κ2) is 3.50. The number of carbonyl (C=O) groups is 1. The molecule has 1 aromatic carbocycles. The number of rotatable bonds is 0. The van der Waals surface area contributed by atoms with Gasteiger partial charge >= 0.3 is 0 Å². The zero-order chi connectivity index (χ0) is 12.0. The van der Waals surface area contributed by atoms with Crippen molar-refractivity contribution in [3.05, 3.63) is 53.2 Å². The summed E-state index contributed by atoms with van der Waals surface area (Å²) in [6, 6.07) is 9.12. The normalized spacial score (nSPS) is 17.5. The number of aromatic nitrogens is 1. The minimum atomic E-state index is -1.09. The molecule has 1 N–H and O–H groups in total. The Hall–Kier alpha value is -2.00. The van der Waals surface area contributed by atoms with Gasteiger partial charge in [-0.15, -0.1) is 0 Å². The fraction of sp³-hybridized carbons (Fsp3) is 0.143. The molecule has 3 heteroatoms. The number of aliphatic hydroxyl groups excluding tert-OH is 1. The third-order valence-electron chi connectivity index (χ3n) is 3.16. The second-order valence-electron chi connectivity index (χ2n) is 4.21. The number of carbonyl (C=O) groups excluding carboxylic acids is 1. The highest BCUT2D eigenvalue weighted by atomic mass is 16.3. The van der Waals surface area contributed by atoms with E-state index in [-0.39, 0.29) is 5.78 Å². The van der Waals surface area contributed by atoms with Gasteiger partial charge in [0.25, 0.3) is 0 Å². The van der Waals surface area contributed by atoms with Gasteiger partial charge in [-0.2, -0.15) is 0 Å². The third-order valence-corrected chi connectivity index (χ3v) is 3.16. The van der Waals surface area contributed by atoms with Crippen LogP contribution in [0.1, 0.15) is 27.6 Å². The van der Waals surface area contributed by atoms with Crippen LogP contribution in [-0.4, -0.2) is 15.9 Å². The van der Waals surface area contributed by atoms with Gasteiger partial charge < -0.3 is 5.11 Å². The summed E-state index contributed by atoms with van der Waals surface area (Å²) in [5.41, 5.74) is 3.58. The summed E-state index contributed by atoms with van der Waals surface area (Å²) >= 11 is 0. The van der Waals surface area contributed by atoms with Crippen LogP contribution in [0.15, 0.2) is 36.5 Å². The molecule has 1 aromatic heterocycles. The van der Waals surface area contributed by atoms with E-state index in [0.29, 0.717) is 16.8 Å². The molecule has 84 valence electrons. The van der Waals surface area contributed by atoms with E-state index < -0.39 is 6.10 Å².